The molecule has 5 nitrogen and oxygen atoms in total. The van der Waals surface area contributed by atoms with Crippen LogP contribution in [0.5, 0.6) is 0 Å². The highest BCUT2D eigenvalue weighted by molar-refractivity contribution is 7.09. The third-order valence-electron chi connectivity index (χ3n) is 5.33. The largest absolute Gasteiger partial charge is 0.393 e. The Bertz CT molecular complexity index is 949. The maximum atomic E-state index is 12.6. The van der Waals surface area contributed by atoms with Gasteiger partial charge in [0.05, 0.1) is 28.9 Å². The van der Waals surface area contributed by atoms with E-state index < -0.39 is 0 Å². The van der Waals surface area contributed by atoms with Crippen LogP contribution in [0.1, 0.15) is 41.4 Å². The molecule has 27 heavy (non-hydrogen) atoms. The predicted octanol–water partition coefficient (Wildman–Crippen LogP) is 3.56. The van der Waals surface area contributed by atoms with Gasteiger partial charge in [-0.3, -0.25) is 9.78 Å². The molecule has 140 valence electrons. The zero-order chi connectivity index (χ0) is 18.8. The summed E-state index contributed by atoms with van der Waals surface area (Å²) in [6, 6.07) is 9.97. The average molecular weight is 382 g/mol. The van der Waals surface area contributed by atoms with E-state index in [-0.39, 0.29) is 24.0 Å². The summed E-state index contributed by atoms with van der Waals surface area (Å²) in [4.78, 5) is 22.6. The van der Waals surface area contributed by atoms with Crippen LogP contribution in [0.3, 0.4) is 0 Å². The fraction of sp³-hybridized carbons (Fsp3) is 0.381. The lowest BCUT2D eigenvalue weighted by molar-refractivity contribution is -0.123. The Balaban J connectivity index is 1.50. The lowest BCUT2D eigenvalue weighted by atomic mass is 9.75. The molecule has 0 radical (unpaired) electrons. The van der Waals surface area contributed by atoms with Crippen LogP contribution in [0.25, 0.3) is 10.9 Å². The summed E-state index contributed by atoms with van der Waals surface area (Å²) in [5.74, 6) is 0.277. The molecule has 0 saturated heterocycles. The monoisotopic (exact) mass is 381 g/mol. The number of pyridine rings is 1. The molecule has 6 heteroatoms. The van der Waals surface area contributed by atoms with E-state index in [1.165, 1.54) is 0 Å². The molecule has 1 amide bonds. The van der Waals surface area contributed by atoms with Gasteiger partial charge in [0.2, 0.25) is 5.91 Å². The topological polar surface area (TPSA) is 75.1 Å². The van der Waals surface area contributed by atoms with Crippen molar-refractivity contribution in [2.45, 2.75) is 44.8 Å². The summed E-state index contributed by atoms with van der Waals surface area (Å²) in [6.07, 6.45) is 4.17. The number of nitrogens with one attached hydrogen (secondary N) is 1. The highest BCUT2D eigenvalue weighted by Gasteiger charge is 2.35. The lowest BCUT2D eigenvalue weighted by Gasteiger charge is -2.38. The third-order valence-corrected chi connectivity index (χ3v) is 6.33. The minimum absolute atomic E-state index is 0.0300. The number of aliphatic hydroxyl groups excluding tert-OH is 1. The first-order valence-corrected chi connectivity index (χ1v) is 10.2. The predicted molar refractivity (Wildman–Crippen MR) is 107 cm³/mol. The Morgan fingerprint density at radius 2 is 2.15 bits per heavy atom. The molecule has 3 aromatic rings. The summed E-state index contributed by atoms with van der Waals surface area (Å²) in [5, 5.41) is 14.0. The van der Waals surface area contributed by atoms with E-state index in [0.717, 1.165) is 27.0 Å². The number of aryl methyl sites for hydroxylation is 2. The summed E-state index contributed by atoms with van der Waals surface area (Å²) in [6.45, 7) is 1.98. The van der Waals surface area contributed by atoms with Crippen molar-refractivity contribution in [3.05, 3.63) is 58.2 Å². The van der Waals surface area contributed by atoms with E-state index in [1.807, 2.05) is 42.9 Å². The molecule has 4 rings (SSSR count). The second-order valence-electron chi connectivity index (χ2n) is 7.25. The molecule has 1 aromatic carbocycles. The quantitative estimate of drug-likeness (QED) is 0.685. The Labute approximate surface area is 162 Å². The second-order valence-corrected chi connectivity index (χ2v) is 8.19. The Hall–Kier alpha value is -2.31. The fourth-order valence-corrected chi connectivity index (χ4v) is 4.45. The molecule has 0 bridgehead atoms. The Morgan fingerprint density at radius 3 is 2.89 bits per heavy atom. The van der Waals surface area contributed by atoms with Crippen LogP contribution in [0.2, 0.25) is 0 Å². The molecule has 0 unspecified atom stereocenters. The van der Waals surface area contributed by atoms with Crippen molar-refractivity contribution in [1.29, 1.82) is 0 Å². The molecular formula is C21H23N3O2S. The molecule has 1 fully saturated rings. The van der Waals surface area contributed by atoms with Crippen LogP contribution >= 0.6 is 11.3 Å². The first-order valence-electron chi connectivity index (χ1n) is 9.31. The van der Waals surface area contributed by atoms with Gasteiger partial charge < -0.3 is 10.4 Å². The van der Waals surface area contributed by atoms with Gasteiger partial charge in [-0.05, 0) is 49.8 Å². The smallest absolute Gasteiger partial charge is 0.220 e. The molecule has 2 heterocycles. The number of hydrogen-bond acceptors (Lipinski definition) is 5. The molecule has 0 aliphatic heterocycles. The van der Waals surface area contributed by atoms with E-state index in [0.29, 0.717) is 25.7 Å². The number of thiazole rings is 1. The first kappa shape index (κ1) is 18.1. The Morgan fingerprint density at radius 1 is 1.33 bits per heavy atom. The molecule has 1 saturated carbocycles. The minimum atomic E-state index is -0.261. The van der Waals surface area contributed by atoms with Crippen LogP contribution in [-0.4, -0.2) is 27.1 Å². The molecular weight excluding hydrogens is 358 g/mol. The van der Waals surface area contributed by atoms with E-state index in [9.17, 15) is 9.90 Å². The number of amides is 1. The van der Waals surface area contributed by atoms with Gasteiger partial charge in [0.15, 0.2) is 0 Å². The zero-order valence-electron chi connectivity index (χ0n) is 15.3. The molecule has 1 aliphatic rings. The number of nitrogens with zero attached hydrogens (tertiary/aromatic N) is 2. The SMILES string of the molecule is Cc1ncsc1CCC(=O)N[C@H](c1cnc2ccccc2c1)C1CC(O)C1. The maximum Gasteiger partial charge on any atom is 0.220 e. The standard InChI is InChI=1S/C21H23N3O2S/c1-13-19(27-12-23-13)6-7-20(26)24-21(15-9-17(25)10-15)16-8-14-4-2-3-5-18(14)22-11-16/h2-5,8,11-12,15,17,21,25H,6-7,9-10H2,1H3,(H,24,26)/t15?,17?,21-/m0/s1. The number of benzene rings is 1. The van der Waals surface area contributed by atoms with Gasteiger partial charge in [-0.15, -0.1) is 11.3 Å². The van der Waals surface area contributed by atoms with Gasteiger partial charge in [0, 0.05) is 22.9 Å². The lowest BCUT2D eigenvalue weighted by Crippen LogP contribution is -2.41. The van der Waals surface area contributed by atoms with Crippen LogP contribution in [0, 0.1) is 12.8 Å². The number of fused-ring (bicyclic) bond motifs is 1. The molecule has 0 spiro atoms. The van der Waals surface area contributed by atoms with Gasteiger partial charge >= 0.3 is 0 Å². The van der Waals surface area contributed by atoms with Crippen molar-refractivity contribution < 1.29 is 9.90 Å². The van der Waals surface area contributed by atoms with E-state index in [2.05, 4.69) is 21.4 Å². The molecule has 1 aliphatic carbocycles. The number of carbonyl (C=O) groups excluding carboxylic acids is 1. The van der Waals surface area contributed by atoms with Crippen molar-refractivity contribution >= 4 is 28.1 Å². The summed E-state index contributed by atoms with van der Waals surface area (Å²) in [7, 11) is 0. The fourth-order valence-electron chi connectivity index (χ4n) is 3.67. The van der Waals surface area contributed by atoms with E-state index in [1.54, 1.807) is 11.3 Å². The highest BCUT2D eigenvalue weighted by Crippen LogP contribution is 2.38. The third kappa shape index (κ3) is 4.01. The highest BCUT2D eigenvalue weighted by atomic mass is 32.1. The molecule has 1 atom stereocenters. The van der Waals surface area contributed by atoms with Crippen LogP contribution < -0.4 is 5.32 Å². The van der Waals surface area contributed by atoms with Gasteiger partial charge in [0.25, 0.3) is 0 Å². The normalized spacial score (nSPS) is 20.2. The van der Waals surface area contributed by atoms with Gasteiger partial charge in [-0.1, -0.05) is 18.2 Å². The zero-order valence-corrected chi connectivity index (χ0v) is 16.1. The first-order chi connectivity index (χ1) is 13.1. The van der Waals surface area contributed by atoms with Crippen molar-refractivity contribution in [2.75, 3.05) is 0 Å². The number of aliphatic hydroxyl groups is 1. The molecule has 2 aromatic heterocycles. The van der Waals surface area contributed by atoms with E-state index in [4.69, 9.17) is 0 Å². The number of aromatic nitrogens is 2. The van der Waals surface area contributed by atoms with Crippen molar-refractivity contribution in [3.63, 3.8) is 0 Å². The second kappa shape index (κ2) is 7.74. The maximum absolute atomic E-state index is 12.6. The van der Waals surface area contributed by atoms with Gasteiger partial charge in [-0.2, -0.15) is 0 Å². The van der Waals surface area contributed by atoms with E-state index >= 15 is 0 Å². The summed E-state index contributed by atoms with van der Waals surface area (Å²) in [5.41, 5.74) is 4.78. The number of hydrogen-bond donors (Lipinski definition) is 2. The van der Waals surface area contributed by atoms with Crippen molar-refractivity contribution in [1.82, 2.24) is 15.3 Å². The van der Waals surface area contributed by atoms with Crippen LogP contribution in [0.4, 0.5) is 0 Å². The summed E-state index contributed by atoms with van der Waals surface area (Å²) >= 11 is 1.60. The minimum Gasteiger partial charge on any atom is -0.393 e. The van der Waals surface area contributed by atoms with Gasteiger partial charge in [-0.25, -0.2) is 4.98 Å². The number of rotatable bonds is 6. The van der Waals surface area contributed by atoms with Crippen molar-refractivity contribution in [2.24, 2.45) is 5.92 Å². The van der Waals surface area contributed by atoms with Gasteiger partial charge in [0.1, 0.15) is 0 Å². The number of para-hydroxylation sites is 1. The van der Waals surface area contributed by atoms with Crippen LogP contribution in [-0.2, 0) is 11.2 Å². The molecule has 2 N–H and O–H groups in total. The number of carbonyl (C=O) groups is 1. The summed E-state index contributed by atoms with van der Waals surface area (Å²) < 4.78 is 0. The Kier molecular flexibility index (Phi) is 5.18. The average Bonchev–Trinajstić information content (AvgIpc) is 3.06. The van der Waals surface area contributed by atoms with Crippen LogP contribution in [0.15, 0.2) is 42.0 Å². The van der Waals surface area contributed by atoms with Crippen molar-refractivity contribution in [3.8, 4) is 0 Å².